The van der Waals surface area contributed by atoms with E-state index in [1.807, 2.05) is 6.92 Å². The van der Waals surface area contributed by atoms with Gasteiger partial charge in [0, 0.05) is 0 Å². The van der Waals surface area contributed by atoms with Crippen molar-refractivity contribution >= 4 is 0 Å². The fourth-order valence-corrected chi connectivity index (χ4v) is 1.55. The highest BCUT2D eigenvalue weighted by molar-refractivity contribution is 5.29. The average Bonchev–Trinajstić information content (AvgIpc) is 2.24. The van der Waals surface area contributed by atoms with Crippen molar-refractivity contribution in [3.8, 4) is 5.75 Å². The summed E-state index contributed by atoms with van der Waals surface area (Å²) < 4.78 is 39.5. The highest BCUT2D eigenvalue weighted by Crippen LogP contribution is 2.26. The van der Waals surface area contributed by atoms with Gasteiger partial charge in [0.25, 0.3) is 0 Å². The number of rotatable bonds is 5. The van der Waals surface area contributed by atoms with Gasteiger partial charge in [0.1, 0.15) is 5.75 Å². The van der Waals surface area contributed by atoms with Crippen LogP contribution in [0.5, 0.6) is 5.75 Å². The van der Waals surface area contributed by atoms with Gasteiger partial charge in [-0.1, -0.05) is 19.1 Å². The van der Waals surface area contributed by atoms with Crippen LogP contribution in [0.15, 0.2) is 24.3 Å². The summed E-state index contributed by atoms with van der Waals surface area (Å²) >= 11 is 0. The molecule has 1 rings (SSSR count). The molecule has 1 radical (unpaired) electrons. The smallest absolute Gasteiger partial charge is 0.406 e. The Balaban J connectivity index is 2.61. The quantitative estimate of drug-likeness (QED) is 0.775. The molecule has 0 bridgehead atoms. The minimum Gasteiger partial charge on any atom is -0.406 e. The summed E-state index contributed by atoms with van der Waals surface area (Å²) in [5, 5.41) is 10.3. The third kappa shape index (κ3) is 5.08. The number of halogens is 3. The minimum absolute atomic E-state index is 0.125. The molecule has 0 fully saturated rings. The molecule has 1 aromatic rings. The van der Waals surface area contributed by atoms with Gasteiger partial charge in [-0.25, -0.2) is 5.11 Å². The Bertz CT molecular complexity index is 333. The van der Waals surface area contributed by atoms with Crippen molar-refractivity contribution in [2.75, 3.05) is 6.61 Å². The molecular formula is C12H14F3O2. The van der Waals surface area contributed by atoms with Gasteiger partial charge in [0.2, 0.25) is 0 Å². The second-order valence-corrected chi connectivity index (χ2v) is 3.86. The molecule has 0 amide bonds. The van der Waals surface area contributed by atoms with E-state index in [0.29, 0.717) is 6.42 Å². The van der Waals surface area contributed by atoms with Gasteiger partial charge in [0.05, 0.1) is 6.61 Å². The molecule has 0 aromatic heterocycles. The molecule has 0 N–H and O–H groups in total. The number of benzene rings is 1. The molecule has 5 heteroatoms. The molecule has 0 aliphatic rings. The first-order valence-electron chi connectivity index (χ1n) is 5.36. The molecule has 95 valence electrons. The van der Waals surface area contributed by atoms with Crippen molar-refractivity contribution in [3.63, 3.8) is 0 Å². The average molecular weight is 247 g/mol. The highest BCUT2D eigenvalue weighted by Gasteiger charge is 2.30. The van der Waals surface area contributed by atoms with Gasteiger partial charge in [0.15, 0.2) is 0 Å². The van der Waals surface area contributed by atoms with E-state index in [4.69, 9.17) is 0 Å². The van der Waals surface area contributed by atoms with E-state index in [2.05, 4.69) is 4.74 Å². The maximum atomic E-state index is 11.9. The number of ether oxygens (including phenoxy) is 1. The summed E-state index contributed by atoms with van der Waals surface area (Å²) in [6, 6.07) is 5.76. The Hall–Kier alpha value is -1.23. The molecule has 0 aliphatic heterocycles. The fraction of sp³-hybridized carbons (Fsp3) is 0.500. The molecule has 0 aliphatic carbocycles. The second kappa shape index (κ2) is 5.91. The first-order chi connectivity index (χ1) is 7.92. The monoisotopic (exact) mass is 247 g/mol. The first-order valence-corrected chi connectivity index (χ1v) is 5.36. The van der Waals surface area contributed by atoms with Gasteiger partial charge in [-0.15, -0.1) is 13.2 Å². The van der Waals surface area contributed by atoms with E-state index in [9.17, 15) is 18.3 Å². The Morgan fingerprint density at radius 3 is 2.29 bits per heavy atom. The van der Waals surface area contributed by atoms with Crippen molar-refractivity contribution in [3.05, 3.63) is 29.8 Å². The summed E-state index contributed by atoms with van der Waals surface area (Å²) in [5.74, 6) is -0.0545. The molecule has 0 saturated heterocycles. The third-order valence-corrected chi connectivity index (χ3v) is 2.46. The van der Waals surface area contributed by atoms with Crippen LogP contribution in [0.1, 0.15) is 31.2 Å². The van der Waals surface area contributed by atoms with Crippen LogP contribution < -0.4 is 4.74 Å². The predicted molar refractivity (Wildman–Crippen MR) is 56.3 cm³/mol. The molecule has 17 heavy (non-hydrogen) atoms. The number of hydrogen-bond donors (Lipinski definition) is 0. The van der Waals surface area contributed by atoms with Gasteiger partial charge in [-0.3, -0.25) is 0 Å². The number of alkyl halides is 3. The van der Waals surface area contributed by atoms with Crippen LogP contribution in [0.4, 0.5) is 13.2 Å². The molecule has 1 aromatic carbocycles. The van der Waals surface area contributed by atoms with Crippen molar-refractivity contribution in [1.29, 1.82) is 0 Å². The largest absolute Gasteiger partial charge is 0.573 e. The molecule has 1 atom stereocenters. The standard InChI is InChI=1S/C12H14F3O2/c1-9(3-2-8-16)10-4-6-11(7-5-10)17-12(13,14)15/h4-7,9H,2-3,8H2,1H3. The van der Waals surface area contributed by atoms with Crippen molar-refractivity contribution < 1.29 is 23.0 Å². The summed E-state index contributed by atoms with van der Waals surface area (Å²) in [5.41, 5.74) is 0.910. The summed E-state index contributed by atoms with van der Waals surface area (Å²) in [4.78, 5) is 0. The van der Waals surface area contributed by atoms with E-state index in [-0.39, 0.29) is 18.3 Å². The zero-order chi connectivity index (χ0) is 12.9. The maximum Gasteiger partial charge on any atom is 0.573 e. The van der Waals surface area contributed by atoms with Gasteiger partial charge < -0.3 is 4.74 Å². The normalized spacial score (nSPS) is 13.5. The lowest BCUT2D eigenvalue weighted by atomic mass is 9.96. The lowest BCUT2D eigenvalue weighted by Gasteiger charge is -2.12. The van der Waals surface area contributed by atoms with Crippen LogP contribution in [0.3, 0.4) is 0 Å². The molecule has 0 spiro atoms. The summed E-state index contributed by atoms with van der Waals surface area (Å²) in [6.07, 6.45) is -3.35. The fourth-order valence-electron chi connectivity index (χ4n) is 1.55. The van der Waals surface area contributed by atoms with Crippen molar-refractivity contribution in [2.24, 2.45) is 0 Å². The Labute approximate surface area is 98.0 Å². The highest BCUT2D eigenvalue weighted by atomic mass is 19.4. The molecular weight excluding hydrogens is 233 g/mol. The van der Waals surface area contributed by atoms with Crippen LogP contribution in [0.25, 0.3) is 0 Å². The zero-order valence-corrected chi connectivity index (χ0v) is 9.46. The Morgan fingerprint density at radius 2 is 1.82 bits per heavy atom. The number of hydrogen-bond acceptors (Lipinski definition) is 1. The topological polar surface area (TPSA) is 29.1 Å². The zero-order valence-electron chi connectivity index (χ0n) is 9.46. The van der Waals surface area contributed by atoms with Gasteiger partial charge in [-0.05, 0) is 36.5 Å². The molecule has 2 nitrogen and oxygen atoms in total. The van der Waals surface area contributed by atoms with Crippen LogP contribution >= 0.6 is 0 Å². The third-order valence-electron chi connectivity index (χ3n) is 2.46. The van der Waals surface area contributed by atoms with Gasteiger partial charge in [-0.2, -0.15) is 0 Å². The van der Waals surface area contributed by atoms with Crippen molar-refractivity contribution in [1.82, 2.24) is 0 Å². The van der Waals surface area contributed by atoms with E-state index in [1.165, 1.54) is 12.1 Å². The predicted octanol–water partition coefficient (Wildman–Crippen LogP) is 3.90. The van der Waals surface area contributed by atoms with E-state index >= 15 is 0 Å². The SMILES string of the molecule is CC(CCC[O])c1ccc(OC(F)(F)F)cc1. The van der Waals surface area contributed by atoms with Crippen LogP contribution in [-0.4, -0.2) is 13.0 Å². The van der Waals surface area contributed by atoms with E-state index in [1.54, 1.807) is 12.1 Å². The summed E-state index contributed by atoms with van der Waals surface area (Å²) in [6.45, 7) is 1.81. The molecule has 0 saturated carbocycles. The van der Waals surface area contributed by atoms with Crippen LogP contribution in [0, 0.1) is 0 Å². The van der Waals surface area contributed by atoms with Gasteiger partial charge >= 0.3 is 6.36 Å². The van der Waals surface area contributed by atoms with Crippen molar-refractivity contribution in [2.45, 2.75) is 32.0 Å². The minimum atomic E-state index is -4.66. The molecule has 1 unspecified atom stereocenters. The lowest BCUT2D eigenvalue weighted by Crippen LogP contribution is -2.17. The van der Waals surface area contributed by atoms with E-state index < -0.39 is 6.36 Å². The van der Waals surface area contributed by atoms with Crippen LogP contribution in [-0.2, 0) is 5.11 Å². The van der Waals surface area contributed by atoms with Crippen LogP contribution in [0.2, 0.25) is 0 Å². The molecule has 0 heterocycles. The van der Waals surface area contributed by atoms with E-state index in [0.717, 1.165) is 12.0 Å². The maximum absolute atomic E-state index is 11.9. The Morgan fingerprint density at radius 1 is 1.24 bits per heavy atom. The summed E-state index contributed by atoms with van der Waals surface area (Å²) in [7, 11) is 0. The second-order valence-electron chi connectivity index (χ2n) is 3.86. The Kier molecular flexibility index (Phi) is 4.81. The lowest BCUT2D eigenvalue weighted by molar-refractivity contribution is -0.274. The first kappa shape index (κ1) is 13.8.